The smallest absolute Gasteiger partial charge is 0.295 e. The quantitative estimate of drug-likeness (QED) is 0.545. The van der Waals surface area contributed by atoms with Gasteiger partial charge in [0.15, 0.2) is 5.54 Å². The second kappa shape index (κ2) is 3.83. The summed E-state index contributed by atoms with van der Waals surface area (Å²) >= 11 is 0. The Kier molecular flexibility index (Phi) is 3.20. The van der Waals surface area contributed by atoms with Gasteiger partial charge in [0, 0.05) is 5.21 Å². The SMILES string of the molecule is CC(CO)(CO)C1=[N+]([O-])C(C)(C)C(C)(C)N1[O]. The van der Waals surface area contributed by atoms with Gasteiger partial charge in [-0.05, 0) is 34.6 Å². The van der Waals surface area contributed by atoms with Crippen LogP contribution in [0.4, 0.5) is 0 Å². The Morgan fingerprint density at radius 1 is 1.29 bits per heavy atom. The highest BCUT2D eigenvalue weighted by Crippen LogP contribution is 2.39. The topological polar surface area (TPSA) is 89.7 Å². The summed E-state index contributed by atoms with van der Waals surface area (Å²) in [7, 11) is 0. The molecule has 1 heterocycles. The van der Waals surface area contributed by atoms with Gasteiger partial charge in [-0.25, -0.2) is 0 Å². The number of aliphatic hydroxyl groups is 2. The fourth-order valence-electron chi connectivity index (χ4n) is 1.79. The van der Waals surface area contributed by atoms with Crippen molar-refractivity contribution in [1.82, 2.24) is 5.06 Å². The first kappa shape index (κ1) is 14.2. The van der Waals surface area contributed by atoms with E-state index in [1.807, 2.05) is 0 Å². The Morgan fingerprint density at radius 2 is 1.71 bits per heavy atom. The van der Waals surface area contributed by atoms with Crippen molar-refractivity contribution in [2.24, 2.45) is 5.41 Å². The molecule has 6 heteroatoms. The molecule has 0 amide bonds. The minimum absolute atomic E-state index is 0.113. The van der Waals surface area contributed by atoms with Gasteiger partial charge in [-0.2, -0.15) is 0 Å². The third kappa shape index (κ3) is 1.63. The number of aliphatic hydroxyl groups excluding tert-OH is 2. The van der Waals surface area contributed by atoms with Gasteiger partial charge in [-0.3, -0.25) is 4.74 Å². The highest BCUT2D eigenvalue weighted by molar-refractivity contribution is 5.85. The maximum Gasteiger partial charge on any atom is 0.295 e. The second-order valence-corrected chi connectivity index (χ2v) is 5.91. The van der Waals surface area contributed by atoms with Crippen LogP contribution in [0.1, 0.15) is 34.6 Å². The molecule has 0 atom stereocenters. The number of hydrogen-bond acceptors (Lipinski definition) is 4. The lowest BCUT2D eigenvalue weighted by Gasteiger charge is -2.32. The summed E-state index contributed by atoms with van der Waals surface area (Å²) in [5.41, 5.74) is -3.07. The monoisotopic (exact) mass is 245 g/mol. The largest absolute Gasteiger partial charge is 0.715 e. The highest BCUT2D eigenvalue weighted by atomic mass is 16.5. The first-order chi connectivity index (χ1) is 7.56. The van der Waals surface area contributed by atoms with Crippen LogP contribution in [-0.2, 0) is 5.21 Å². The molecule has 17 heavy (non-hydrogen) atoms. The van der Waals surface area contributed by atoms with Gasteiger partial charge in [-0.1, -0.05) is 5.06 Å². The molecule has 6 nitrogen and oxygen atoms in total. The molecule has 0 bridgehead atoms. The molecule has 0 aromatic heterocycles. The molecule has 0 aromatic carbocycles. The maximum absolute atomic E-state index is 12.2. The zero-order valence-electron chi connectivity index (χ0n) is 11.0. The van der Waals surface area contributed by atoms with Crippen molar-refractivity contribution in [3.63, 3.8) is 0 Å². The van der Waals surface area contributed by atoms with Crippen molar-refractivity contribution >= 4 is 5.84 Å². The van der Waals surface area contributed by atoms with E-state index in [-0.39, 0.29) is 5.84 Å². The van der Waals surface area contributed by atoms with Crippen molar-refractivity contribution in [2.75, 3.05) is 13.2 Å². The van der Waals surface area contributed by atoms with Crippen LogP contribution in [0.5, 0.6) is 0 Å². The zero-order chi connectivity index (χ0) is 13.6. The Hall–Kier alpha value is -0.850. The third-order valence-corrected chi connectivity index (χ3v) is 4.14. The predicted molar refractivity (Wildman–Crippen MR) is 61.6 cm³/mol. The molecule has 0 aromatic rings. The summed E-state index contributed by atoms with van der Waals surface area (Å²) < 4.78 is 0.617. The number of nitrogens with zero attached hydrogens (tertiary/aromatic N) is 2. The van der Waals surface area contributed by atoms with Gasteiger partial charge in [-0.15, -0.1) is 0 Å². The van der Waals surface area contributed by atoms with Crippen molar-refractivity contribution in [3.8, 4) is 0 Å². The van der Waals surface area contributed by atoms with Crippen molar-refractivity contribution in [3.05, 3.63) is 5.21 Å². The number of amidine groups is 1. The summed E-state index contributed by atoms with van der Waals surface area (Å²) in [4.78, 5) is 0. The van der Waals surface area contributed by atoms with E-state index in [0.29, 0.717) is 9.80 Å². The summed E-state index contributed by atoms with van der Waals surface area (Å²) in [6.07, 6.45) is 0. The van der Waals surface area contributed by atoms with E-state index in [2.05, 4.69) is 0 Å². The minimum Gasteiger partial charge on any atom is -0.715 e. The molecule has 1 aliphatic heterocycles. The van der Waals surface area contributed by atoms with Gasteiger partial charge in [0.25, 0.3) is 5.84 Å². The molecule has 99 valence electrons. The van der Waals surface area contributed by atoms with Crippen LogP contribution in [0, 0.1) is 10.6 Å². The van der Waals surface area contributed by atoms with E-state index >= 15 is 0 Å². The van der Waals surface area contributed by atoms with Gasteiger partial charge < -0.3 is 15.4 Å². The van der Waals surface area contributed by atoms with Crippen LogP contribution in [0.3, 0.4) is 0 Å². The molecule has 0 saturated heterocycles. The summed E-state index contributed by atoms with van der Waals surface area (Å²) in [5, 5.41) is 43.7. The van der Waals surface area contributed by atoms with E-state index in [0.717, 1.165) is 0 Å². The fraction of sp³-hybridized carbons (Fsp3) is 0.909. The maximum atomic E-state index is 12.2. The zero-order valence-corrected chi connectivity index (χ0v) is 11.0. The van der Waals surface area contributed by atoms with Crippen LogP contribution in [-0.4, -0.2) is 50.1 Å². The van der Waals surface area contributed by atoms with Gasteiger partial charge in [0.05, 0.1) is 13.2 Å². The normalized spacial score (nSPS) is 23.4. The standard InChI is InChI=1S/C11H21N2O4/c1-9(2)10(3,4)13(17)8(12(9)16)11(5,6-14)7-15/h14-15H,6-7H2,1-5H3. The average molecular weight is 245 g/mol. The molecule has 1 aliphatic rings. The number of hydrogen-bond donors (Lipinski definition) is 2. The second-order valence-electron chi connectivity index (χ2n) is 5.91. The van der Waals surface area contributed by atoms with Crippen LogP contribution >= 0.6 is 0 Å². The van der Waals surface area contributed by atoms with E-state index in [1.54, 1.807) is 27.7 Å². The Labute approximate surface area is 101 Å². The number of hydroxylamine groups is 3. The first-order valence-corrected chi connectivity index (χ1v) is 5.60. The van der Waals surface area contributed by atoms with Gasteiger partial charge >= 0.3 is 0 Å². The average Bonchev–Trinajstić information content (AvgIpc) is 2.38. The Morgan fingerprint density at radius 3 is 1.94 bits per heavy atom. The highest BCUT2D eigenvalue weighted by Gasteiger charge is 2.63. The van der Waals surface area contributed by atoms with Crippen LogP contribution in [0.2, 0.25) is 0 Å². The van der Waals surface area contributed by atoms with Crippen LogP contribution in [0.15, 0.2) is 0 Å². The summed E-state index contributed by atoms with van der Waals surface area (Å²) in [6, 6.07) is 0. The molecule has 2 N–H and O–H groups in total. The molecule has 0 spiro atoms. The minimum atomic E-state index is -1.23. The van der Waals surface area contributed by atoms with E-state index in [1.165, 1.54) is 6.92 Å². The molecule has 1 rings (SSSR count). The molecular weight excluding hydrogens is 224 g/mol. The first-order valence-electron chi connectivity index (χ1n) is 5.60. The van der Waals surface area contributed by atoms with E-state index in [4.69, 9.17) is 0 Å². The molecule has 0 saturated carbocycles. The lowest BCUT2D eigenvalue weighted by Crippen LogP contribution is -2.54. The fourth-order valence-corrected chi connectivity index (χ4v) is 1.79. The Bertz CT molecular complexity index is 345. The Balaban J connectivity index is 3.39. The van der Waals surface area contributed by atoms with Crippen molar-refractivity contribution < 1.29 is 20.2 Å². The molecular formula is C11H21N2O4. The van der Waals surface area contributed by atoms with Crippen LogP contribution < -0.4 is 0 Å². The summed E-state index contributed by atoms with van der Waals surface area (Å²) in [6.45, 7) is 7.28. The lowest BCUT2D eigenvalue weighted by atomic mass is 9.84. The molecule has 0 aliphatic carbocycles. The van der Waals surface area contributed by atoms with E-state index < -0.39 is 29.7 Å². The molecule has 0 fully saturated rings. The van der Waals surface area contributed by atoms with Crippen molar-refractivity contribution in [1.29, 1.82) is 0 Å². The molecule has 0 unspecified atom stereocenters. The number of rotatable bonds is 3. The third-order valence-electron chi connectivity index (χ3n) is 4.14. The molecule has 1 radical (unpaired) electrons. The summed E-state index contributed by atoms with van der Waals surface area (Å²) in [5.74, 6) is -0.113. The van der Waals surface area contributed by atoms with Crippen LogP contribution in [0.25, 0.3) is 0 Å². The van der Waals surface area contributed by atoms with Crippen molar-refractivity contribution in [2.45, 2.75) is 45.7 Å². The van der Waals surface area contributed by atoms with Gasteiger partial charge in [0.1, 0.15) is 11.0 Å². The van der Waals surface area contributed by atoms with Gasteiger partial charge in [0.2, 0.25) is 0 Å². The predicted octanol–water partition coefficient (Wildman–Crippen LogP) is 0.104. The van der Waals surface area contributed by atoms with E-state index in [9.17, 15) is 20.6 Å². The lowest BCUT2D eigenvalue weighted by molar-refractivity contribution is -0.542.